The predicted octanol–water partition coefficient (Wildman–Crippen LogP) is 2.42. The summed E-state index contributed by atoms with van der Waals surface area (Å²) in [6.07, 6.45) is 8.20. The van der Waals surface area contributed by atoms with Crippen molar-refractivity contribution >= 4 is 0 Å². The first-order valence-corrected chi connectivity index (χ1v) is 12.6. The molecule has 6 N–H and O–H groups in total. The lowest BCUT2D eigenvalue weighted by molar-refractivity contribution is -0.236. The maximum absolute atomic E-state index is 10.1. The summed E-state index contributed by atoms with van der Waals surface area (Å²) in [5.74, 6) is 0. The maximum Gasteiger partial charge on any atom is 0.114 e. The van der Waals surface area contributed by atoms with Gasteiger partial charge in [-0.15, -0.1) is 0 Å². The van der Waals surface area contributed by atoms with Crippen molar-refractivity contribution in [3.8, 4) is 0 Å². The van der Waals surface area contributed by atoms with E-state index in [1.165, 1.54) is 70.6 Å². The molecule has 0 aromatic rings. The molecule has 1 rings (SSSR count). The molecule has 0 spiro atoms. The highest BCUT2D eigenvalue weighted by Crippen LogP contribution is 2.24. The zero-order valence-corrected chi connectivity index (χ0v) is 19.4. The van der Waals surface area contributed by atoms with Gasteiger partial charge in [0, 0.05) is 6.61 Å². The summed E-state index contributed by atoms with van der Waals surface area (Å²) < 4.78 is 5.40. The molecule has 7 nitrogen and oxygen atoms in total. The van der Waals surface area contributed by atoms with Crippen LogP contribution >= 0.6 is 0 Å². The number of aliphatic hydroxyl groups excluding tert-OH is 6. The molecule has 1 saturated carbocycles. The number of aliphatic hydroxyl groups is 6. The minimum absolute atomic E-state index is 0.0912. The Labute approximate surface area is 188 Å². The van der Waals surface area contributed by atoms with Crippen molar-refractivity contribution in [1.82, 2.24) is 0 Å². The normalized spacial score (nSPS) is 29.9. The summed E-state index contributed by atoms with van der Waals surface area (Å²) in [5.41, 5.74) is 0. The SMILES string of the molecule is CCCCCCCCCCCCCCC[C@@H](O)CCOC1C(O)C(O)C(O)[C@H](O)C1O. The summed E-state index contributed by atoms with van der Waals surface area (Å²) in [5, 5.41) is 58.9. The van der Waals surface area contributed by atoms with E-state index in [0.29, 0.717) is 12.8 Å². The van der Waals surface area contributed by atoms with Gasteiger partial charge in [-0.25, -0.2) is 0 Å². The quantitative estimate of drug-likeness (QED) is 0.178. The third-order valence-electron chi connectivity index (χ3n) is 6.48. The van der Waals surface area contributed by atoms with Crippen LogP contribution in [0.5, 0.6) is 0 Å². The number of rotatable bonds is 18. The summed E-state index contributed by atoms with van der Waals surface area (Å²) >= 11 is 0. The van der Waals surface area contributed by atoms with Crippen LogP contribution < -0.4 is 0 Å². The second kappa shape index (κ2) is 17.2. The molecule has 7 heteroatoms. The molecule has 7 atom stereocenters. The molecular weight excluding hydrogens is 400 g/mol. The average molecular weight is 449 g/mol. The van der Waals surface area contributed by atoms with E-state index in [0.717, 1.165) is 12.8 Å². The summed E-state index contributed by atoms with van der Waals surface area (Å²) in [6.45, 7) is 2.34. The maximum atomic E-state index is 10.1. The molecule has 0 aromatic heterocycles. The minimum atomic E-state index is -1.62. The van der Waals surface area contributed by atoms with Crippen LogP contribution in [0, 0.1) is 0 Å². The van der Waals surface area contributed by atoms with Crippen molar-refractivity contribution in [1.29, 1.82) is 0 Å². The van der Waals surface area contributed by atoms with Gasteiger partial charge >= 0.3 is 0 Å². The molecule has 1 aliphatic rings. The van der Waals surface area contributed by atoms with Crippen molar-refractivity contribution in [2.24, 2.45) is 0 Å². The number of hydrogen-bond donors (Lipinski definition) is 6. The van der Waals surface area contributed by atoms with Crippen LogP contribution in [0.15, 0.2) is 0 Å². The van der Waals surface area contributed by atoms with Crippen LogP contribution in [0.2, 0.25) is 0 Å². The van der Waals surface area contributed by atoms with Gasteiger partial charge in [-0.3, -0.25) is 0 Å². The van der Waals surface area contributed by atoms with E-state index in [1.807, 2.05) is 0 Å². The Morgan fingerprint density at radius 1 is 0.548 bits per heavy atom. The van der Waals surface area contributed by atoms with Crippen molar-refractivity contribution in [3.05, 3.63) is 0 Å². The number of ether oxygens (including phenoxy) is 1. The third kappa shape index (κ3) is 11.4. The second-order valence-electron chi connectivity index (χ2n) is 9.26. The molecule has 186 valence electrons. The van der Waals surface area contributed by atoms with Crippen LogP contribution in [0.25, 0.3) is 0 Å². The van der Waals surface area contributed by atoms with Crippen LogP contribution in [0.3, 0.4) is 0 Å². The van der Waals surface area contributed by atoms with Gasteiger partial charge in [-0.1, -0.05) is 90.4 Å². The smallest absolute Gasteiger partial charge is 0.114 e. The largest absolute Gasteiger partial charge is 0.393 e. The molecule has 0 aromatic carbocycles. The molecular formula is C24H48O7. The Morgan fingerprint density at radius 2 is 0.935 bits per heavy atom. The molecule has 31 heavy (non-hydrogen) atoms. The van der Waals surface area contributed by atoms with Gasteiger partial charge in [0.15, 0.2) is 0 Å². The number of unbranched alkanes of at least 4 members (excludes halogenated alkanes) is 12. The van der Waals surface area contributed by atoms with Crippen molar-refractivity contribution in [2.75, 3.05) is 6.61 Å². The van der Waals surface area contributed by atoms with Gasteiger partial charge in [0.1, 0.15) is 36.6 Å². The first kappa shape index (κ1) is 28.8. The highest BCUT2D eigenvalue weighted by atomic mass is 16.5. The van der Waals surface area contributed by atoms with Gasteiger partial charge in [0.05, 0.1) is 6.10 Å². The van der Waals surface area contributed by atoms with Crippen molar-refractivity contribution < 1.29 is 35.4 Å². The Hall–Kier alpha value is -0.280. The molecule has 0 radical (unpaired) electrons. The van der Waals surface area contributed by atoms with E-state index in [9.17, 15) is 30.6 Å². The second-order valence-corrected chi connectivity index (χ2v) is 9.26. The van der Waals surface area contributed by atoms with Gasteiger partial charge in [-0.2, -0.15) is 0 Å². The zero-order valence-electron chi connectivity index (χ0n) is 19.4. The highest BCUT2D eigenvalue weighted by Gasteiger charge is 2.48. The highest BCUT2D eigenvalue weighted by molar-refractivity contribution is 4.99. The minimum Gasteiger partial charge on any atom is -0.393 e. The fraction of sp³-hybridized carbons (Fsp3) is 1.00. The van der Waals surface area contributed by atoms with E-state index in [4.69, 9.17) is 4.74 Å². The lowest BCUT2D eigenvalue weighted by Crippen LogP contribution is -2.64. The monoisotopic (exact) mass is 448 g/mol. The van der Waals surface area contributed by atoms with Crippen LogP contribution in [-0.4, -0.2) is 80.0 Å². The molecule has 0 amide bonds. The van der Waals surface area contributed by atoms with E-state index >= 15 is 0 Å². The van der Waals surface area contributed by atoms with E-state index in [2.05, 4.69) is 6.92 Å². The summed E-state index contributed by atoms with van der Waals surface area (Å²) in [4.78, 5) is 0. The fourth-order valence-corrected chi connectivity index (χ4v) is 4.28. The average Bonchev–Trinajstić information content (AvgIpc) is 2.76. The van der Waals surface area contributed by atoms with Gasteiger partial charge < -0.3 is 35.4 Å². The van der Waals surface area contributed by atoms with Gasteiger partial charge in [-0.05, 0) is 12.8 Å². The van der Waals surface area contributed by atoms with Crippen LogP contribution in [0.1, 0.15) is 103 Å². The lowest BCUT2D eigenvalue weighted by Gasteiger charge is -2.41. The Kier molecular flexibility index (Phi) is 16.0. The first-order chi connectivity index (χ1) is 14.9. The van der Waals surface area contributed by atoms with E-state index < -0.39 is 42.7 Å². The van der Waals surface area contributed by atoms with Crippen molar-refractivity contribution in [2.45, 2.75) is 146 Å². The Morgan fingerprint density at radius 3 is 1.39 bits per heavy atom. The topological polar surface area (TPSA) is 131 Å². The summed E-state index contributed by atoms with van der Waals surface area (Å²) in [7, 11) is 0. The molecule has 5 unspecified atom stereocenters. The third-order valence-corrected chi connectivity index (χ3v) is 6.48. The molecule has 0 saturated heterocycles. The molecule has 0 aliphatic heterocycles. The molecule has 0 bridgehead atoms. The van der Waals surface area contributed by atoms with Crippen LogP contribution in [0.4, 0.5) is 0 Å². The molecule has 1 fully saturated rings. The lowest BCUT2D eigenvalue weighted by atomic mass is 9.85. The van der Waals surface area contributed by atoms with E-state index in [1.54, 1.807) is 0 Å². The molecule has 1 aliphatic carbocycles. The number of hydrogen-bond acceptors (Lipinski definition) is 7. The van der Waals surface area contributed by atoms with E-state index in [-0.39, 0.29) is 6.61 Å². The predicted molar refractivity (Wildman–Crippen MR) is 121 cm³/mol. The Bertz CT molecular complexity index is 407. The standard InChI is InChI=1S/C24H48O7/c1-2-3-4-5-6-7-8-9-10-11-12-13-14-15-18(25)16-17-31-24-22(29)20(27)19(26)21(28)23(24)30/h18-30H,2-17H2,1H3/t18-,19?,20+,21?,22?,23?,24?/m1/s1. The fourth-order valence-electron chi connectivity index (χ4n) is 4.28. The van der Waals surface area contributed by atoms with Gasteiger partial charge in [0.2, 0.25) is 0 Å². The van der Waals surface area contributed by atoms with Crippen molar-refractivity contribution in [3.63, 3.8) is 0 Å². The molecule has 0 heterocycles. The first-order valence-electron chi connectivity index (χ1n) is 12.6. The zero-order chi connectivity index (χ0) is 23.1. The Balaban J connectivity index is 1.97. The van der Waals surface area contributed by atoms with Gasteiger partial charge in [0.25, 0.3) is 0 Å². The summed E-state index contributed by atoms with van der Waals surface area (Å²) in [6, 6.07) is 0. The van der Waals surface area contributed by atoms with Crippen LogP contribution in [-0.2, 0) is 4.74 Å².